The average Bonchev–Trinajstić information content (AvgIpc) is 2.96. The van der Waals surface area contributed by atoms with Gasteiger partial charge in [0.2, 0.25) is 0 Å². The van der Waals surface area contributed by atoms with Crippen LogP contribution >= 0.6 is 0 Å². The topological polar surface area (TPSA) is 74.6 Å². The SMILES string of the molecule is CCc1cc(=O)oc2cc(OCCn3c(=O)oc4ccccc43)ccc12. The summed E-state index contributed by atoms with van der Waals surface area (Å²) in [5, 5.41) is 0.900. The number of oxazole rings is 1. The molecule has 0 aliphatic rings. The second-order valence-electron chi connectivity index (χ2n) is 5.94. The molecule has 0 bridgehead atoms. The summed E-state index contributed by atoms with van der Waals surface area (Å²) in [4.78, 5) is 23.6. The zero-order valence-corrected chi connectivity index (χ0v) is 14.2. The van der Waals surface area contributed by atoms with E-state index in [1.54, 1.807) is 12.1 Å². The van der Waals surface area contributed by atoms with Gasteiger partial charge < -0.3 is 13.6 Å². The lowest BCUT2D eigenvalue weighted by atomic mass is 10.1. The maximum atomic E-state index is 12.0. The summed E-state index contributed by atoms with van der Waals surface area (Å²) in [6, 6.07) is 14.2. The fraction of sp³-hybridized carbons (Fsp3) is 0.200. The first-order chi connectivity index (χ1) is 12.7. The fourth-order valence-corrected chi connectivity index (χ4v) is 3.07. The zero-order valence-electron chi connectivity index (χ0n) is 14.2. The minimum absolute atomic E-state index is 0.284. The maximum absolute atomic E-state index is 12.0. The lowest BCUT2D eigenvalue weighted by Gasteiger charge is -2.08. The smallest absolute Gasteiger partial charge is 0.420 e. The lowest BCUT2D eigenvalue weighted by Crippen LogP contribution is -2.18. The molecule has 0 unspecified atom stereocenters. The molecule has 4 aromatic rings. The van der Waals surface area contributed by atoms with Crippen molar-refractivity contribution in [1.82, 2.24) is 4.57 Å². The van der Waals surface area contributed by atoms with Crippen molar-refractivity contribution >= 4 is 22.1 Å². The molecular formula is C20H17NO5. The highest BCUT2D eigenvalue weighted by Crippen LogP contribution is 2.23. The van der Waals surface area contributed by atoms with Crippen molar-refractivity contribution in [3.8, 4) is 5.75 Å². The van der Waals surface area contributed by atoms with Gasteiger partial charge in [0.05, 0.1) is 12.1 Å². The third-order valence-electron chi connectivity index (χ3n) is 4.34. The first-order valence-corrected chi connectivity index (χ1v) is 8.43. The molecule has 0 spiro atoms. The minimum atomic E-state index is -0.410. The predicted molar refractivity (Wildman–Crippen MR) is 97.8 cm³/mol. The Hall–Kier alpha value is -3.28. The number of nitrogens with zero attached hydrogens (tertiary/aromatic N) is 1. The second-order valence-corrected chi connectivity index (χ2v) is 5.94. The number of rotatable bonds is 5. The van der Waals surface area contributed by atoms with Crippen molar-refractivity contribution in [3.63, 3.8) is 0 Å². The highest BCUT2D eigenvalue weighted by molar-refractivity contribution is 5.81. The van der Waals surface area contributed by atoms with Crippen molar-refractivity contribution < 1.29 is 13.6 Å². The molecule has 0 atom stereocenters. The Bertz CT molecular complexity index is 1200. The van der Waals surface area contributed by atoms with Crippen LogP contribution in [0.4, 0.5) is 0 Å². The quantitative estimate of drug-likeness (QED) is 0.516. The average molecular weight is 351 g/mol. The van der Waals surface area contributed by atoms with Crippen LogP contribution < -0.4 is 16.1 Å². The van der Waals surface area contributed by atoms with Gasteiger partial charge in [-0.2, -0.15) is 0 Å². The van der Waals surface area contributed by atoms with E-state index in [0.29, 0.717) is 23.5 Å². The molecule has 2 aromatic heterocycles. The molecule has 0 amide bonds. The van der Waals surface area contributed by atoms with E-state index < -0.39 is 5.76 Å². The summed E-state index contributed by atoms with van der Waals surface area (Å²) < 4.78 is 17.7. The van der Waals surface area contributed by atoms with Crippen LogP contribution in [0.15, 0.2) is 67.0 Å². The van der Waals surface area contributed by atoms with Crippen molar-refractivity contribution in [3.05, 3.63) is 75.1 Å². The predicted octanol–water partition coefficient (Wildman–Crippen LogP) is 3.34. The number of para-hydroxylation sites is 2. The summed E-state index contributed by atoms with van der Waals surface area (Å²) in [5.74, 6) is 0.168. The number of hydrogen-bond acceptors (Lipinski definition) is 5. The fourth-order valence-electron chi connectivity index (χ4n) is 3.07. The van der Waals surface area contributed by atoms with Gasteiger partial charge in [0, 0.05) is 17.5 Å². The largest absolute Gasteiger partial charge is 0.492 e. The van der Waals surface area contributed by atoms with Gasteiger partial charge in [0.1, 0.15) is 17.9 Å². The lowest BCUT2D eigenvalue weighted by molar-refractivity contribution is 0.294. The Morgan fingerprint density at radius 2 is 1.85 bits per heavy atom. The first-order valence-electron chi connectivity index (χ1n) is 8.43. The molecule has 0 saturated heterocycles. The van der Waals surface area contributed by atoms with Gasteiger partial charge >= 0.3 is 11.4 Å². The molecule has 2 aromatic carbocycles. The van der Waals surface area contributed by atoms with Crippen molar-refractivity contribution in [1.29, 1.82) is 0 Å². The molecule has 0 aliphatic heterocycles. The standard InChI is InChI=1S/C20H17NO5/c1-2-13-11-19(22)25-18-12-14(7-8-15(13)18)24-10-9-21-16-5-3-4-6-17(16)26-20(21)23/h3-8,11-12H,2,9-10H2,1H3. The van der Waals surface area contributed by atoms with Crippen LogP contribution in [-0.2, 0) is 13.0 Å². The molecule has 26 heavy (non-hydrogen) atoms. The van der Waals surface area contributed by atoms with Gasteiger partial charge in [-0.3, -0.25) is 4.57 Å². The van der Waals surface area contributed by atoms with E-state index >= 15 is 0 Å². The van der Waals surface area contributed by atoms with Gasteiger partial charge in [0.15, 0.2) is 5.58 Å². The van der Waals surface area contributed by atoms with Crippen LogP contribution in [0, 0.1) is 0 Å². The van der Waals surface area contributed by atoms with E-state index in [0.717, 1.165) is 22.9 Å². The van der Waals surface area contributed by atoms with Crippen LogP contribution in [0.25, 0.3) is 22.1 Å². The van der Waals surface area contributed by atoms with Crippen molar-refractivity contribution in [2.45, 2.75) is 19.9 Å². The van der Waals surface area contributed by atoms with E-state index in [1.165, 1.54) is 10.6 Å². The second kappa shape index (κ2) is 6.55. The maximum Gasteiger partial charge on any atom is 0.420 e. The summed E-state index contributed by atoms with van der Waals surface area (Å²) in [6.07, 6.45) is 0.749. The molecule has 4 rings (SSSR count). The molecule has 0 radical (unpaired) electrons. The summed E-state index contributed by atoms with van der Waals surface area (Å²) in [6.45, 7) is 2.63. The summed E-state index contributed by atoms with van der Waals surface area (Å²) >= 11 is 0. The van der Waals surface area contributed by atoms with Crippen molar-refractivity contribution in [2.75, 3.05) is 6.61 Å². The molecule has 0 N–H and O–H groups in total. The molecule has 0 fully saturated rings. The van der Waals surface area contributed by atoms with Crippen LogP contribution in [0.2, 0.25) is 0 Å². The zero-order chi connectivity index (χ0) is 18.1. The first kappa shape index (κ1) is 16.2. The number of aromatic nitrogens is 1. The van der Waals surface area contributed by atoms with E-state index in [2.05, 4.69) is 0 Å². The number of aryl methyl sites for hydroxylation is 1. The van der Waals surface area contributed by atoms with Gasteiger partial charge in [-0.15, -0.1) is 0 Å². The Kier molecular flexibility index (Phi) is 4.08. The van der Waals surface area contributed by atoms with E-state index in [9.17, 15) is 9.59 Å². The van der Waals surface area contributed by atoms with Gasteiger partial charge in [-0.25, -0.2) is 9.59 Å². The highest BCUT2D eigenvalue weighted by atomic mass is 16.5. The van der Waals surface area contributed by atoms with E-state index in [1.807, 2.05) is 37.3 Å². The minimum Gasteiger partial charge on any atom is -0.492 e. The third-order valence-corrected chi connectivity index (χ3v) is 4.34. The van der Waals surface area contributed by atoms with E-state index in [-0.39, 0.29) is 12.2 Å². The molecule has 2 heterocycles. The molecule has 132 valence electrons. The van der Waals surface area contributed by atoms with Crippen molar-refractivity contribution in [2.24, 2.45) is 0 Å². The number of ether oxygens (including phenoxy) is 1. The molecule has 0 saturated carbocycles. The van der Waals surface area contributed by atoms with Crippen LogP contribution in [-0.4, -0.2) is 11.2 Å². The summed E-state index contributed by atoms with van der Waals surface area (Å²) in [7, 11) is 0. The van der Waals surface area contributed by atoms with Crippen LogP contribution in [0.3, 0.4) is 0 Å². The van der Waals surface area contributed by atoms with Gasteiger partial charge in [0.25, 0.3) is 0 Å². The Labute approximate surface area is 148 Å². The Morgan fingerprint density at radius 1 is 1.00 bits per heavy atom. The molecule has 0 aliphatic carbocycles. The number of fused-ring (bicyclic) bond motifs is 2. The normalized spacial score (nSPS) is 11.3. The molecular weight excluding hydrogens is 334 g/mol. The Balaban J connectivity index is 1.55. The van der Waals surface area contributed by atoms with Crippen LogP contribution in [0.5, 0.6) is 5.75 Å². The summed E-state index contributed by atoms with van der Waals surface area (Å²) in [5.41, 5.74) is 2.36. The monoisotopic (exact) mass is 351 g/mol. The molecule has 6 nitrogen and oxygen atoms in total. The highest BCUT2D eigenvalue weighted by Gasteiger charge is 2.09. The number of hydrogen-bond donors (Lipinski definition) is 0. The third kappa shape index (κ3) is 2.90. The number of benzene rings is 2. The van der Waals surface area contributed by atoms with Gasteiger partial charge in [-0.1, -0.05) is 19.1 Å². The van der Waals surface area contributed by atoms with E-state index in [4.69, 9.17) is 13.6 Å². The van der Waals surface area contributed by atoms with Crippen LogP contribution in [0.1, 0.15) is 12.5 Å². The van der Waals surface area contributed by atoms with Gasteiger partial charge in [-0.05, 0) is 36.2 Å². The Morgan fingerprint density at radius 3 is 2.69 bits per heavy atom. The molecule has 6 heteroatoms.